The van der Waals surface area contributed by atoms with E-state index < -0.39 is 41.2 Å². The molecule has 0 aliphatic rings. The molecule has 9 heteroatoms. The minimum absolute atomic E-state index is 0.399. The third-order valence-corrected chi connectivity index (χ3v) is 5.90. The lowest BCUT2D eigenvalue weighted by molar-refractivity contribution is -0.396. The Labute approximate surface area is 134 Å². The predicted octanol–water partition coefficient (Wildman–Crippen LogP) is 3.64. The monoisotopic (exact) mass is 344 g/mol. The molecule has 1 aromatic carbocycles. The predicted molar refractivity (Wildman–Crippen MR) is 85.2 cm³/mol. The first-order valence-electron chi connectivity index (χ1n) is 7.38. The molecular formula is C14H20N2O6S. The van der Waals surface area contributed by atoms with E-state index in [0.717, 1.165) is 37.8 Å². The molecule has 0 saturated carbocycles. The summed E-state index contributed by atoms with van der Waals surface area (Å²) in [5.41, 5.74) is -1.26. The Morgan fingerprint density at radius 1 is 1.09 bits per heavy atom. The first-order chi connectivity index (χ1) is 10.7. The van der Waals surface area contributed by atoms with Crippen molar-refractivity contribution < 1.29 is 18.3 Å². The number of non-ortho nitro benzene ring substituents is 1. The van der Waals surface area contributed by atoms with Crippen LogP contribution in [0, 0.1) is 20.2 Å². The van der Waals surface area contributed by atoms with Crippen LogP contribution in [0.3, 0.4) is 0 Å². The van der Waals surface area contributed by atoms with E-state index in [-0.39, 0.29) is 0 Å². The van der Waals surface area contributed by atoms with E-state index >= 15 is 0 Å². The Hall–Kier alpha value is -2.03. The van der Waals surface area contributed by atoms with Crippen molar-refractivity contribution in [2.75, 3.05) is 0 Å². The molecule has 8 nitrogen and oxygen atoms in total. The maximum atomic E-state index is 12.5. The van der Waals surface area contributed by atoms with Gasteiger partial charge in [-0.15, -0.1) is 0 Å². The van der Waals surface area contributed by atoms with Crippen LogP contribution in [0.5, 0.6) is 0 Å². The molecule has 0 aromatic heterocycles. The smallest absolute Gasteiger partial charge is 0.258 e. The summed E-state index contributed by atoms with van der Waals surface area (Å²) in [5.74, 6) is 0. The molecule has 0 radical (unpaired) electrons. The fraction of sp³-hybridized carbons (Fsp3) is 0.571. The number of nitrogens with zero attached hydrogens (tertiary/aromatic N) is 2. The zero-order valence-electron chi connectivity index (χ0n) is 13.1. The second-order valence-electron chi connectivity index (χ2n) is 5.37. The molecule has 1 atom stereocenters. The van der Waals surface area contributed by atoms with Crippen LogP contribution in [0.25, 0.3) is 0 Å². The van der Waals surface area contributed by atoms with E-state index in [2.05, 4.69) is 0 Å². The van der Waals surface area contributed by atoms with Crippen molar-refractivity contribution in [3.63, 3.8) is 0 Å². The highest BCUT2D eigenvalue weighted by molar-refractivity contribution is 7.92. The summed E-state index contributed by atoms with van der Waals surface area (Å²) in [5, 5.41) is 21.0. The number of sulfone groups is 1. The van der Waals surface area contributed by atoms with E-state index in [9.17, 15) is 28.6 Å². The van der Waals surface area contributed by atoms with Gasteiger partial charge in [0.2, 0.25) is 0 Å². The van der Waals surface area contributed by atoms with Crippen LogP contribution in [0.15, 0.2) is 23.1 Å². The SMILES string of the molecule is CCCCCCC(C)S(=O)(=O)c1ccc([N+](=O)[O-])cc1[N+](=O)[O-]. The average Bonchev–Trinajstić information content (AvgIpc) is 2.50. The molecule has 1 unspecified atom stereocenters. The normalized spacial score (nSPS) is 12.8. The third-order valence-electron chi connectivity index (χ3n) is 3.65. The summed E-state index contributed by atoms with van der Waals surface area (Å²) >= 11 is 0. The van der Waals surface area contributed by atoms with Crippen molar-refractivity contribution in [3.05, 3.63) is 38.4 Å². The largest absolute Gasteiger partial charge is 0.294 e. The van der Waals surface area contributed by atoms with Gasteiger partial charge in [0, 0.05) is 6.07 Å². The molecule has 128 valence electrons. The molecule has 0 fully saturated rings. The van der Waals surface area contributed by atoms with Gasteiger partial charge in [0.25, 0.3) is 11.4 Å². The van der Waals surface area contributed by atoms with Crippen molar-refractivity contribution in [1.29, 1.82) is 0 Å². The van der Waals surface area contributed by atoms with Gasteiger partial charge in [-0.1, -0.05) is 32.6 Å². The minimum atomic E-state index is -3.91. The summed E-state index contributed by atoms with van der Waals surface area (Å²) in [7, 11) is -3.91. The second kappa shape index (κ2) is 8.00. The lowest BCUT2D eigenvalue weighted by Gasteiger charge is -2.13. The molecule has 23 heavy (non-hydrogen) atoms. The number of hydrogen-bond acceptors (Lipinski definition) is 6. The van der Waals surface area contributed by atoms with E-state index in [0.29, 0.717) is 12.5 Å². The highest BCUT2D eigenvalue weighted by Crippen LogP contribution is 2.31. The topological polar surface area (TPSA) is 120 Å². The summed E-state index contributed by atoms with van der Waals surface area (Å²) in [4.78, 5) is 19.6. The van der Waals surface area contributed by atoms with Crippen LogP contribution in [-0.4, -0.2) is 23.5 Å². The maximum Gasteiger partial charge on any atom is 0.294 e. The number of hydrogen-bond donors (Lipinski definition) is 0. The molecule has 0 heterocycles. The van der Waals surface area contributed by atoms with Crippen LogP contribution in [-0.2, 0) is 9.84 Å². The molecular weight excluding hydrogens is 324 g/mol. The zero-order valence-corrected chi connectivity index (χ0v) is 13.9. The van der Waals surface area contributed by atoms with Gasteiger partial charge in [-0.25, -0.2) is 8.42 Å². The van der Waals surface area contributed by atoms with Gasteiger partial charge in [0.05, 0.1) is 21.2 Å². The van der Waals surface area contributed by atoms with Gasteiger partial charge in [-0.05, 0) is 19.4 Å². The minimum Gasteiger partial charge on any atom is -0.258 e. The standard InChI is InChI=1S/C14H20N2O6S/c1-3-4-5-6-7-11(2)23(21,22)14-9-8-12(15(17)18)10-13(14)16(19)20/h8-11H,3-7H2,1-2H3. The molecule has 1 rings (SSSR count). The first-order valence-corrected chi connectivity index (χ1v) is 8.93. The van der Waals surface area contributed by atoms with Crippen molar-refractivity contribution in [1.82, 2.24) is 0 Å². The second-order valence-corrected chi connectivity index (χ2v) is 7.71. The Morgan fingerprint density at radius 2 is 1.74 bits per heavy atom. The van der Waals surface area contributed by atoms with Gasteiger partial charge >= 0.3 is 0 Å². The molecule has 0 saturated heterocycles. The summed E-state index contributed by atoms with van der Waals surface area (Å²) in [6.07, 6.45) is 4.05. The van der Waals surface area contributed by atoms with Crippen molar-refractivity contribution in [2.45, 2.75) is 56.1 Å². The van der Waals surface area contributed by atoms with Gasteiger partial charge in [-0.2, -0.15) is 0 Å². The highest BCUT2D eigenvalue weighted by Gasteiger charge is 2.32. The van der Waals surface area contributed by atoms with E-state index in [1.807, 2.05) is 6.92 Å². The molecule has 0 N–H and O–H groups in total. The zero-order chi connectivity index (χ0) is 17.6. The number of benzene rings is 1. The molecule has 0 bridgehead atoms. The van der Waals surface area contributed by atoms with E-state index in [1.165, 1.54) is 6.92 Å². The summed E-state index contributed by atoms with van der Waals surface area (Å²) in [6.45, 7) is 3.55. The van der Waals surface area contributed by atoms with E-state index in [1.54, 1.807) is 0 Å². The van der Waals surface area contributed by atoms with Gasteiger partial charge < -0.3 is 0 Å². The molecule has 0 spiro atoms. The maximum absolute atomic E-state index is 12.5. The first kappa shape index (κ1) is 19.0. The Morgan fingerprint density at radius 3 is 2.26 bits per heavy atom. The van der Waals surface area contributed by atoms with Crippen LogP contribution in [0.4, 0.5) is 11.4 Å². The number of nitro groups is 2. The van der Waals surface area contributed by atoms with E-state index in [4.69, 9.17) is 0 Å². The van der Waals surface area contributed by atoms with Crippen molar-refractivity contribution >= 4 is 21.2 Å². The van der Waals surface area contributed by atoms with Crippen molar-refractivity contribution in [3.8, 4) is 0 Å². The highest BCUT2D eigenvalue weighted by atomic mass is 32.2. The van der Waals surface area contributed by atoms with Crippen LogP contribution >= 0.6 is 0 Å². The summed E-state index contributed by atoms with van der Waals surface area (Å²) in [6, 6.07) is 2.62. The van der Waals surface area contributed by atoms with Gasteiger partial charge in [-0.3, -0.25) is 20.2 Å². The molecule has 0 amide bonds. The molecule has 0 aliphatic heterocycles. The summed E-state index contributed by atoms with van der Waals surface area (Å²) < 4.78 is 25.1. The molecule has 0 aliphatic carbocycles. The van der Waals surface area contributed by atoms with Gasteiger partial charge in [0.15, 0.2) is 9.84 Å². The fourth-order valence-corrected chi connectivity index (χ4v) is 3.83. The van der Waals surface area contributed by atoms with Gasteiger partial charge in [0.1, 0.15) is 4.90 Å². The number of rotatable bonds is 9. The van der Waals surface area contributed by atoms with Crippen molar-refractivity contribution in [2.24, 2.45) is 0 Å². The van der Waals surface area contributed by atoms with Crippen LogP contribution in [0.1, 0.15) is 46.0 Å². The Balaban J connectivity index is 3.12. The van der Waals surface area contributed by atoms with Crippen LogP contribution in [0.2, 0.25) is 0 Å². The Bertz CT molecular complexity index is 687. The quantitative estimate of drug-likeness (QED) is 0.383. The average molecular weight is 344 g/mol. The molecule has 1 aromatic rings. The fourth-order valence-electron chi connectivity index (χ4n) is 2.23. The lowest BCUT2D eigenvalue weighted by atomic mass is 10.1. The lowest BCUT2D eigenvalue weighted by Crippen LogP contribution is -2.19. The Kier molecular flexibility index (Phi) is 6.62. The number of unbranched alkanes of at least 4 members (excludes halogenated alkanes) is 3. The van der Waals surface area contributed by atoms with Crippen LogP contribution < -0.4 is 0 Å². The number of nitro benzene ring substituents is 2. The third kappa shape index (κ3) is 4.72.